The molecule has 0 aliphatic heterocycles. The van der Waals surface area contributed by atoms with E-state index in [1.54, 1.807) is 0 Å². The maximum Gasteiger partial charge on any atom is 0.0708 e. The van der Waals surface area contributed by atoms with Gasteiger partial charge < -0.3 is 5.73 Å². The molecule has 2 heteroatoms. The van der Waals surface area contributed by atoms with Gasteiger partial charge in [0, 0.05) is 22.5 Å². The van der Waals surface area contributed by atoms with E-state index in [1.165, 1.54) is 5.56 Å². The minimum Gasteiger partial charge on any atom is -0.324 e. The number of hydrogen-bond acceptors (Lipinski definition) is 2. The van der Waals surface area contributed by atoms with Gasteiger partial charge in [0.25, 0.3) is 0 Å². The molecule has 17 heavy (non-hydrogen) atoms. The van der Waals surface area contributed by atoms with Gasteiger partial charge in [-0.15, -0.1) is 0 Å². The van der Waals surface area contributed by atoms with Crippen molar-refractivity contribution < 1.29 is 0 Å². The Bertz CT molecular complexity index is 536. The zero-order valence-electron chi connectivity index (χ0n) is 11.0. The zero-order chi connectivity index (χ0) is 12.6. The van der Waals surface area contributed by atoms with Crippen molar-refractivity contribution in [2.75, 3.05) is 0 Å². The molecule has 0 aliphatic rings. The number of fused-ring (bicyclic) bond motifs is 1. The monoisotopic (exact) mass is 228 g/mol. The Morgan fingerprint density at radius 3 is 2.41 bits per heavy atom. The molecule has 0 radical (unpaired) electrons. The Kier molecular flexibility index (Phi) is 2.92. The predicted octanol–water partition coefficient (Wildman–Crippen LogP) is 3.55. The first-order chi connectivity index (χ1) is 7.89. The van der Waals surface area contributed by atoms with E-state index in [0.29, 0.717) is 0 Å². The summed E-state index contributed by atoms with van der Waals surface area (Å²) < 4.78 is 0. The highest BCUT2D eigenvalue weighted by atomic mass is 14.7. The lowest BCUT2D eigenvalue weighted by atomic mass is 9.89. The van der Waals surface area contributed by atoms with Crippen molar-refractivity contribution in [2.24, 2.45) is 5.73 Å². The Hall–Kier alpha value is -1.41. The van der Waals surface area contributed by atoms with Crippen LogP contribution in [0.4, 0.5) is 0 Å². The molecular weight excluding hydrogens is 208 g/mol. The SMILES string of the molecule is CC(N)c1cc(C(C)(C)C)nc2ccccc12. The summed E-state index contributed by atoms with van der Waals surface area (Å²) in [6, 6.07) is 10.4. The van der Waals surface area contributed by atoms with Gasteiger partial charge in [-0.25, -0.2) is 0 Å². The van der Waals surface area contributed by atoms with Crippen molar-refractivity contribution in [1.29, 1.82) is 0 Å². The molecule has 1 aromatic carbocycles. The second kappa shape index (κ2) is 4.11. The molecule has 0 amide bonds. The first-order valence-electron chi connectivity index (χ1n) is 6.05. The molecule has 1 unspecified atom stereocenters. The van der Waals surface area contributed by atoms with E-state index in [2.05, 4.69) is 39.0 Å². The van der Waals surface area contributed by atoms with Crippen molar-refractivity contribution >= 4 is 10.9 Å². The fraction of sp³-hybridized carbons (Fsp3) is 0.400. The van der Waals surface area contributed by atoms with Gasteiger partial charge in [0.15, 0.2) is 0 Å². The molecule has 2 aromatic rings. The molecule has 1 atom stereocenters. The number of benzene rings is 1. The molecule has 1 aromatic heterocycles. The van der Waals surface area contributed by atoms with Crippen LogP contribution in [0.2, 0.25) is 0 Å². The van der Waals surface area contributed by atoms with E-state index in [4.69, 9.17) is 10.7 Å². The molecule has 1 heterocycles. The van der Waals surface area contributed by atoms with Crippen LogP contribution < -0.4 is 5.73 Å². The highest BCUT2D eigenvalue weighted by molar-refractivity contribution is 5.83. The van der Waals surface area contributed by atoms with Crippen molar-refractivity contribution in [3.63, 3.8) is 0 Å². The Labute approximate surface area is 103 Å². The van der Waals surface area contributed by atoms with Gasteiger partial charge in [0.2, 0.25) is 0 Å². The number of nitrogens with two attached hydrogens (primary N) is 1. The second-order valence-corrected chi connectivity index (χ2v) is 5.65. The van der Waals surface area contributed by atoms with Crippen LogP contribution in [0.3, 0.4) is 0 Å². The summed E-state index contributed by atoms with van der Waals surface area (Å²) in [4.78, 5) is 4.73. The van der Waals surface area contributed by atoms with Gasteiger partial charge in [-0.05, 0) is 24.6 Å². The predicted molar refractivity (Wildman–Crippen MR) is 73.0 cm³/mol. The normalized spacial score (nSPS) is 13.9. The van der Waals surface area contributed by atoms with Crippen LogP contribution in [0.15, 0.2) is 30.3 Å². The maximum absolute atomic E-state index is 6.06. The van der Waals surface area contributed by atoms with Crippen LogP contribution >= 0.6 is 0 Å². The molecule has 2 N–H and O–H groups in total. The van der Waals surface area contributed by atoms with Crippen LogP contribution in [0.1, 0.15) is 45.0 Å². The maximum atomic E-state index is 6.06. The largest absolute Gasteiger partial charge is 0.324 e. The molecule has 0 bridgehead atoms. The van der Waals surface area contributed by atoms with E-state index < -0.39 is 0 Å². The number of nitrogens with zero attached hydrogens (tertiary/aromatic N) is 1. The quantitative estimate of drug-likeness (QED) is 0.810. The van der Waals surface area contributed by atoms with Gasteiger partial charge in [0.1, 0.15) is 0 Å². The molecule has 0 fully saturated rings. The lowest BCUT2D eigenvalue weighted by molar-refractivity contribution is 0.569. The molecule has 0 spiro atoms. The third-order valence-corrected chi connectivity index (χ3v) is 3.01. The van der Waals surface area contributed by atoms with E-state index >= 15 is 0 Å². The lowest BCUT2D eigenvalue weighted by Crippen LogP contribution is -2.16. The van der Waals surface area contributed by atoms with Gasteiger partial charge in [-0.2, -0.15) is 0 Å². The first-order valence-corrected chi connectivity index (χ1v) is 6.05. The summed E-state index contributed by atoms with van der Waals surface area (Å²) in [5.74, 6) is 0. The average molecular weight is 228 g/mol. The molecule has 90 valence electrons. The number of para-hydroxylation sites is 1. The second-order valence-electron chi connectivity index (χ2n) is 5.65. The highest BCUT2D eigenvalue weighted by Crippen LogP contribution is 2.28. The van der Waals surface area contributed by atoms with Gasteiger partial charge in [0.05, 0.1) is 5.52 Å². The van der Waals surface area contributed by atoms with Gasteiger partial charge in [-0.1, -0.05) is 39.0 Å². The van der Waals surface area contributed by atoms with Crippen LogP contribution in [-0.2, 0) is 5.41 Å². The Morgan fingerprint density at radius 2 is 1.82 bits per heavy atom. The van der Waals surface area contributed by atoms with Gasteiger partial charge >= 0.3 is 0 Å². The summed E-state index contributed by atoms with van der Waals surface area (Å²) in [7, 11) is 0. The summed E-state index contributed by atoms with van der Waals surface area (Å²) in [6.45, 7) is 8.55. The molecule has 0 saturated carbocycles. The average Bonchev–Trinajstić information content (AvgIpc) is 2.26. The van der Waals surface area contributed by atoms with Crippen LogP contribution in [0.25, 0.3) is 10.9 Å². The number of rotatable bonds is 1. The topological polar surface area (TPSA) is 38.9 Å². The molecule has 2 nitrogen and oxygen atoms in total. The van der Waals surface area contributed by atoms with Crippen LogP contribution in [0, 0.1) is 0 Å². The fourth-order valence-electron chi connectivity index (χ4n) is 1.96. The van der Waals surface area contributed by atoms with E-state index in [9.17, 15) is 0 Å². The molecule has 0 aliphatic carbocycles. The molecular formula is C15H20N2. The van der Waals surface area contributed by atoms with E-state index in [0.717, 1.165) is 16.6 Å². The minimum absolute atomic E-state index is 0.0315. The number of aromatic nitrogens is 1. The number of hydrogen-bond donors (Lipinski definition) is 1. The van der Waals surface area contributed by atoms with Crippen molar-refractivity contribution in [3.05, 3.63) is 41.6 Å². The fourth-order valence-corrected chi connectivity index (χ4v) is 1.96. The lowest BCUT2D eigenvalue weighted by Gasteiger charge is -2.21. The standard InChI is InChI=1S/C15H20N2/c1-10(16)12-9-14(15(2,3)4)17-13-8-6-5-7-11(12)13/h5-10H,16H2,1-4H3. The van der Waals surface area contributed by atoms with Crippen LogP contribution in [-0.4, -0.2) is 4.98 Å². The Balaban J connectivity index is 2.76. The minimum atomic E-state index is 0.0315. The van der Waals surface area contributed by atoms with Crippen molar-refractivity contribution in [3.8, 4) is 0 Å². The van der Waals surface area contributed by atoms with Gasteiger partial charge in [-0.3, -0.25) is 4.98 Å². The van der Waals surface area contributed by atoms with E-state index in [-0.39, 0.29) is 11.5 Å². The third kappa shape index (κ3) is 2.32. The summed E-state index contributed by atoms with van der Waals surface area (Å²) in [5, 5.41) is 1.16. The zero-order valence-corrected chi connectivity index (χ0v) is 11.0. The highest BCUT2D eigenvalue weighted by Gasteiger charge is 2.18. The third-order valence-electron chi connectivity index (χ3n) is 3.01. The summed E-state index contributed by atoms with van der Waals surface area (Å²) in [6.07, 6.45) is 0. The smallest absolute Gasteiger partial charge is 0.0708 e. The number of pyridine rings is 1. The summed E-state index contributed by atoms with van der Waals surface area (Å²) >= 11 is 0. The van der Waals surface area contributed by atoms with Crippen molar-refractivity contribution in [1.82, 2.24) is 4.98 Å². The van der Waals surface area contributed by atoms with Crippen LogP contribution in [0.5, 0.6) is 0 Å². The Morgan fingerprint density at radius 1 is 1.18 bits per heavy atom. The molecule has 0 saturated heterocycles. The first kappa shape index (κ1) is 12.1. The van der Waals surface area contributed by atoms with E-state index in [1.807, 2.05) is 19.1 Å². The molecule has 2 rings (SSSR count). The summed E-state index contributed by atoms with van der Waals surface area (Å²) in [5.41, 5.74) is 9.43. The van der Waals surface area contributed by atoms with Crippen molar-refractivity contribution in [2.45, 2.75) is 39.2 Å².